The quantitative estimate of drug-likeness (QED) is 0.573. The number of rotatable bonds is 1. The summed E-state index contributed by atoms with van der Waals surface area (Å²) in [6.07, 6.45) is 2.58. The van der Waals surface area contributed by atoms with Gasteiger partial charge in [-0.05, 0) is 12.8 Å². The molecule has 1 fully saturated rings. The Morgan fingerprint density at radius 1 is 1.60 bits per heavy atom. The number of nitriles is 1. The van der Waals surface area contributed by atoms with Gasteiger partial charge in [-0.25, -0.2) is 0 Å². The predicted molar refractivity (Wildman–Crippen MR) is 37.2 cm³/mol. The molecule has 3 heteroatoms. The van der Waals surface area contributed by atoms with E-state index in [1.165, 1.54) is 0 Å². The normalized spacial score (nSPS) is 33.2. The van der Waals surface area contributed by atoms with Gasteiger partial charge in [-0.2, -0.15) is 5.26 Å². The first-order valence-corrected chi connectivity index (χ1v) is 3.57. The van der Waals surface area contributed by atoms with Crippen LogP contribution < -0.4 is 5.73 Å². The van der Waals surface area contributed by atoms with E-state index in [-0.39, 0.29) is 12.1 Å². The number of ether oxygens (including phenoxy) is 1. The van der Waals surface area contributed by atoms with Crippen LogP contribution in [-0.2, 0) is 4.74 Å². The van der Waals surface area contributed by atoms with Crippen LogP contribution in [0.4, 0.5) is 0 Å². The molecular formula is C7H12N2O. The summed E-state index contributed by atoms with van der Waals surface area (Å²) in [4.78, 5) is 0. The number of nitrogens with zero attached hydrogens (tertiary/aromatic N) is 1. The van der Waals surface area contributed by atoms with Gasteiger partial charge < -0.3 is 10.5 Å². The van der Waals surface area contributed by atoms with Crippen molar-refractivity contribution in [2.24, 2.45) is 5.73 Å². The van der Waals surface area contributed by atoms with E-state index in [2.05, 4.69) is 6.07 Å². The standard InChI is InChI=1S/C7H12N2O/c8-4-3-7-2-1-6(9)5-10-7/h6-7H,1-3,5,9H2/t6-,7+/m1/s1. The first-order chi connectivity index (χ1) is 4.83. The Hall–Kier alpha value is -0.590. The van der Waals surface area contributed by atoms with E-state index in [1.54, 1.807) is 0 Å². The lowest BCUT2D eigenvalue weighted by molar-refractivity contribution is 0.00864. The smallest absolute Gasteiger partial charge is 0.0706 e. The molecule has 0 spiro atoms. The van der Waals surface area contributed by atoms with Crippen LogP contribution in [0.25, 0.3) is 0 Å². The van der Waals surface area contributed by atoms with Gasteiger partial charge in [-0.3, -0.25) is 0 Å². The molecule has 0 aromatic rings. The average molecular weight is 140 g/mol. The Balaban J connectivity index is 2.21. The SMILES string of the molecule is N#CC[C@@H]1CC[C@@H](N)CO1. The molecule has 0 aromatic heterocycles. The Bertz CT molecular complexity index is 133. The third kappa shape index (κ3) is 1.98. The second kappa shape index (κ2) is 3.55. The molecule has 0 bridgehead atoms. The number of nitrogens with two attached hydrogens (primary N) is 1. The molecule has 2 atom stereocenters. The monoisotopic (exact) mass is 140 g/mol. The van der Waals surface area contributed by atoms with Crippen LogP contribution in [-0.4, -0.2) is 18.8 Å². The van der Waals surface area contributed by atoms with Crippen molar-refractivity contribution in [1.29, 1.82) is 5.26 Å². The maximum absolute atomic E-state index is 8.32. The van der Waals surface area contributed by atoms with Crippen LogP contribution in [0.1, 0.15) is 19.3 Å². The Labute approximate surface area is 60.8 Å². The van der Waals surface area contributed by atoms with E-state index in [4.69, 9.17) is 15.7 Å². The zero-order chi connectivity index (χ0) is 7.40. The fraction of sp³-hybridized carbons (Fsp3) is 0.857. The number of hydrogen-bond acceptors (Lipinski definition) is 3. The molecule has 1 saturated heterocycles. The van der Waals surface area contributed by atoms with Crippen molar-refractivity contribution in [2.45, 2.75) is 31.4 Å². The summed E-state index contributed by atoms with van der Waals surface area (Å²) >= 11 is 0. The third-order valence-corrected chi connectivity index (χ3v) is 1.72. The van der Waals surface area contributed by atoms with Gasteiger partial charge in [0.1, 0.15) is 0 Å². The molecule has 0 amide bonds. The second-order valence-electron chi connectivity index (χ2n) is 2.66. The molecule has 0 aromatic carbocycles. The summed E-state index contributed by atoms with van der Waals surface area (Å²) in [5.41, 5.74) is 5.59. The zero-order valence-corrected chi connectivity index (χ0v) is 5.92. The highest BCUT2D eigenvalue weighted by atomic mass is 16.5. The largest absolute Gasteiger partial charge is 0.376 e. The van der Waals surface area contributed by atoms with Crippen molar-refractivity contribution in [3.63, 3.8) is 0 Å². The van der Waals surface area contributed by atoms with Crippen LogP contribution in [0.3, 0.4) is 0 Å². The van der Waals surface area contributed by atoms with E-state index in [0.29, 0.717) is 13.0 Å². The van der Waals surface area contributed by atoms with Gasteiger partial charge >= 0.3 is 0 Å². The number of hydrogen-bond donors (Lipinski definition) is 1. The van der Waals surface area contributed by atoms with E-state index in [9.17, 15) is 0 Å². The van der Waals surface area contributed by atoms with Gasteiger partial charge in [0, 0.05) is 6.04 Å². The minimum absolute atomic E-state index is 0.143. The molecule has 10 heavy (non-hydrogen) atoms. The maximum Gasteiger partial charge on any atom is 0.0706 e. The zero-order valence-electron chi connectivity index (χ0n) is 5.92. The van der Waals surface area contributed by atoms with E-state index < -0.39 is 0 Å². The Kier molecular flexibility index (Phi) is 2.67. The molecule has 1 rings (SSSR count). The molecular weight excluding hydrogens is 128 g/mol. The predicted octanol–water partition coefficient (Wildman–Crippen LogP) is 0.406. The average Bonchev–Trinajstić information content (AvgIpc) is 1.95. The van der Waals surface area contributed by atoms with Gasteiger partial charge in [-0.15, -0.1) is 0 Å². The van der Waals surface area contributed by atoms with Crippen molar-refractivity contribution in [3.05, 3.63) is 0 Å². The fourth-order valence-corrected chi connectivity index (χ4v) is 1.09. The summed E-state index contributed by atoms with van der Waals surface area (Å²) in [6.45, 7) is 0.617. The molecule has 1 aliphatic rings. The van der Waals surface area contributed by atoms with Gasteiger partial charge in [-0.1, -0.05) is 0 Å². The molecule has 56 valence electrons. The highest BCUT2D eigenvalue weighted by Gasteiger charge is 2.17. The Morgan fingerprint density at radius 2 is 2.40 bits per heavy atom. The summed E-state index contributed by atoms with van der Waals surface area (Å²) < 4.78 is 5.28. The first kappa shape index (κ1) is 7.52. The fourth-order valence-electron chi connectivity index (χ4n) is 1.09. The lowest BCUT2D eigenvalue weighted by atomic mass is 10.0. The molecule has 1 heterocycles. The minimum Gasteiger partial charge on any atom is -0.376 e. The summed E-state index contributed by atoms with van der Waals surface area (Å²) in [5.74, 6) is 0. The summed E-state index contributed by atoms with van der Waals surface area (Å²) in [6, 6.07) is 2.28. The Morgan fingerprint density at radius 3 is 2.90 bits per heavy atom. The van der Waals surface area contributed by atoms with Gasteiger partial charge in [0.25, 0.3) is 0 Å². The lowest BCUT2D eigenvalue weighted by Gasteiger charge is -2.24. The van der Waals surface area contributed by atoms with Crippen LogP contribution in [0.2, 0.25) is 0 Å². The molecule has 0 saturated carbocycles. The summed E-state index contributed by atoms with van der Waals surface area (Å²) in [7, 11) is 0. The van der Waals surface area contributed by atoms with Crippen LogP contribution >= 0.6 is 0 Å². The molecule has 0 aliphatic carbocycles. The molecule has 1 aliphatic heterocycles. The van der Waals surface area contributed by atoms with Crippen molar-refractivity contribution in [1.82, 2.24) is 0 Å². The van der Waals surface area contributed by atoms with Gasteiger partial charge in [0.15, 0.2) is 0 Å². The minimum atomic E-state index is 0.143. The maximum atomic E-state index is 8.32. The molecule has 0 radical (unpaired) electrons. The molecule has 0 unspecified atom stereocenters. The van der Waals surface area contributed by atoms with Crippen molar-refractivity contribution >= 4 is 0 Å². The topological polar surface area (TPSA) is 59.0 Å². The van der Waals surface area contributed by atoms with Crippen LogP contribution in [0.15, 0.2) is 0 Å². The molecule has 2 N–H and O–H groups in total. The van der Waals surface area contributed by atoms with Gasteiger partial charge in [0.2, 0.25) is 0 Å². The van der Waals surface area contributed by atoms with E-state index in [0.717, 1.165) is 12.8 Å². The van der Waals surface area contributed by atoms with Crippen molar-refractivity contribution in [2.75, 3.05) is 6.61 Å². The van der Waals surface area contributed by atoms with Crippen molar-refractivity contribution < 1.29 is 4.74 Å². The highest BCUT2D eigenvalue weighted by Crippen LogP contribution is 2.13. The highest BCUT2D eigenvalue weighted by molar-refractivity contribution is 4.80. The van der Waals surface area contributed by atoms with Crippen LogP contribution in [0, 0.1) is 11.3 Å². The van der Waals surface area contributed by atoms with E-state index in [1.807, 2.05) is 0 Å². The van der Waals surface area contributed by atoms with Gasteiger partial charge in [0.05, 0.1) is 25.2 Å². The second-order valence-corrected chi connectivity index (χ2v) is 2.66. The molecule has 3 nitrogen and oxygen atoms in total. The summed E-state index contributed by atoms with van der Waals surface area (Å²) in [5, 5.41) is 8.32. The lowest BCUT2D eigenvalue weighted by Crippen LogP contribution is -2.35. The third-order valence-electron chi connectivity index (χ3n) is 1.72. The first-order valence-electron chi connectivity index (χ1n) is 3.57. The van der Waals surface area contributed by atoms with E-state index >= 15 is 0 Å². The van der Waals surface area contributed by atoms with Crippen molar-refractivity contribution in [3.8, 4) is 6.07 Å². The van der Waals surface area contributed by atoms with Crippen LogP contribution in [0.5, 0.6) is 0 Å².